The monoisotopic (exact) mass is 377 g/mol. The van der Waals surface area contributed by atoms with Gasteiger partial charge in [0.15, 0.2) is 5.82 Å². The van der Waals surface area contributed by atoms with Gasteiger partial charge in [-0.05, 0) is 35.4 Å². The number of aromatic nitrogens is 4. The van der Waals surface area contributed by atoms with Crippen molar-refractivity contribution in [3.8, 4) is 22.6 Å². The third-order valence-electron chi connectivity index (χ3n) is 4.30. The van der Waals surface area contributed by atoms with Gasteiger partial charge < -0.3 is 9.88 Å². The molecule has 0 amide bonds. The minimum Gasteiger partial charge on any atom is -0.350 e. The van der Waals surface area contributed by atoms with Crippen molar-refractivity contribution in [1.82, 2.24) is 19.5 Å². The van der Waals surface area contributed by atoms with Gasteiger partial charge in [0, 0.05) is 37.7 Å². The van der Waals surface area contributed by atoms with Crippen molar-refractivity contribution in [3.63, 3.8) is 0 Å². The van der Waals surface area contributed by atoms with E-state index < -0.39 is 0 Å². The van der Waals surface area contributed by atoms with Crippen LogP contribution in [0.4, 0.5) is 14.7 Å². The second-order valence-electron chi connectivity index (χ2n) is 6.31. The van der Waals surface area contributed by atoms with Crippen molar-refractivity contribution in [2.45, 2.75) is 6.54 Å². The van der Waals surface area contributed by atoms with Crippen LogP contribution in [0.2, 0.25) is 0 Å². The van der Waals surface area contributed by atoms with Gasteiger partial charge in [-0.1, -0.05) is 24.3 Å². The quantitative estimate of drug-likeness (QED) is 0.559. The number of rotatable bonds is 5. The molecule has 2 heterocycles. The molecule has 0 saturated heterocycles. The SMILES string of the molecule is Cn1ccnc1-c1nc(NCc2cccc(F)c2)ncc1-c1cccc(F)c1. The summed E-state index contributed by atoms with van der Waals surface area (Å²) in [5.41, 5.74) is 2.69. The second-order valence-corrected chi connectivity index (χ2v) is 6.31. The number of benzene rings is 2. The fraction of sp³-hybridized carbons (Fsp3) is 0.0952. The molecular weight excluding hydrogens is 360 g/mol. The van der Waals surface area contributed by atoms with Crippen LogP contribution in [0.25, 0.3) is 22.6 Å². The summed E-state index contributed by atoms with van der Waals surface area (Å²) in [6.45, 7) is 0.372. The Hall–Kier alpha value is -3.61. The summed E-state index contributed by atoms with van der Waals surface area (Å²) in [5, 5.41) is 3.10. The fourth-order valence-electron chi connectivity index (χ4n) is 2.93. The summed E-state index contributed by atoms with van der Waals surface area (Å²) in [4.78, 5) is 13.3. The van der Waals surface area contributed by atoms with Gasteiger partial charge in [-0.3, -0.25) is 0 Å². The molecule has 4 aromatic rings. The van der Waals surface area contributed by atoms with E-state index in [0.29, 0.717) is 35.1 Å². The molecule has 0 bridgehead atoms. The van der Waals surface area contributed by atoms with Gasteiger partial charge in [0.25, 0.3) is 0 Å². The molecule has 0 aliphatic heterocycles. The van der Waals surface area contributed by atoms with Crippen molar-refractivity contribution in [1.29, 1.82) is 0 Å². The van der Waals surface area contributed by atoms with Crippen LogP contribution >= 0.6 is 0 Å². The van der Waals surface area contributed by atoms with E-state index >= 15 is 0 Å². The minimum atomic E-state index is -0.336. The molecule has 0 radical (unpaired) electrons. The molecule has 4 rings (SSSR count). The van der Waals surface area contributed by atoms with Crippen LogP contribution < -0.4 is 5.32 Å². The third kappa shape index (κ3) is 3.73. The minimum absolute atomic E-state index is 0.296. The lowest BCUT2D eigenvalue weighted by Gasteiger charge is -2.12. The second kappa shape index (κ2) is 7.56. The van der Waals surface area contributed by atoms with E-state index in [4.69, 9.17) is 0 Å². The lowest BCUT2D eigenvalue weighted by atomic mass is 10.1. The number of nitrogens with one attached hydrogen (secondary N) is 1. The van der Waals surface area contributed by atoms with Crippen LogP contribution in [0.1, 0.15) is 5.56 Å². The smallest absolute Gasteiger partial charge is 0.223 e. The van der Waals surface area contributed by atoms with Crippen molar-refractivity contribution >= 4 is 5.95 Å². The number of aryl methyl sites for hydroxylation is 1. The molecule has 28 heavy (non-hydrogen) atoms. The Kier molecular flexibility index (Phi) is 4.80. The molecule has 0 fully saturated rings. The summed E-state index contributed by atoms with van der Waals surface area (Å²) in [7, 11) is 1.86. The van der Waals surface area contributed by atoms with Crippen molar-refractivity contribution in [2.24, 2.45) is 7.05 Å². The third-order valence-corrected chi connectivity index (χ3v) is 4.30. The first-order valence-electron chi connectivity index (χ1n) is 8.69. The van der Waals surface area contributed by atoms with Crippen LogP contribution in [0, 0.1) is 11.6 Å². The number of imidazole rings is 1. The zero-order valence-electron chi connectivity index (χ0n) is 15.1. The lowest BCUT2D eigenvalue weighted by molar-refractivity contribution is 0.625. The molecule has 7 heteroatoms. The summed E-state index contributed by atoms with van der Waals surface area (Å²) in [5.74, 6) is 0.379. The van der Waals surface area contributed by atoms with Crippen LogP contribution in [0.3, 0.4) is 0 Å². The number of hydrogen-bond donors (Lipinski definition) is 1. The van der Waals surface area contributed by atoms with Gasteiger partial charge in [0.1, 0.15) is 17.3 Å². The first-order valence-corrected chi connectivity index (χ1v) is 8.69. The molecule has 0 atom stereocenters. The summed E-state index contributed by atoms with van der Waals surface area (Å²) in [6, 6.07) is 12.6. The first kappa shape index (κ1) is 17.8. The zero-order valence-corrected chi connectivity index (χ0v) is 15.1. The topological polar surface area (TPSA) is 55.6 Å². The molecule has 0 aliphatic carbocycles. The number of anilines is 1. The summed E-state index contributed by atoms with van der Waals surface area (Å²) >= 11 is 0. The average Bonchev–Trinajstić information content (AvgIpc) is 3.12. The van der Waals surface area contributed by atoms with E-state index in [-0.39, 0.29) is 11.6 Å². The van der Waals surface area contributed by atoms with Crippen molar-refractivity contribution < 1.29 is 8.78 Å². The maximum absolute atomic E-state index is 13.7. The van der Waals surface area contributed by atoms with E-state index in [9.17, 15) is 8.78 Å². The van der Waals surface area contributed by atoms with E-state index in [2.05, 4.69) is 20.3 Å². The average molecular weight is 377 g/mol. The highest BCUT2D eigenvalue weighted by molar-refractivity contribution is 5.78. The van der Waals surface area contributed by atoms with Crippen molar-refractivity contribution in [2.75, 3.05) is 5.32 Å². The van der Waals surface area contributed by atoms with Crippen LogP contribution in [-0.4, -0.2) is 19.5 Å². The van der Waals surface area contributed by atoms with Crippen LogP contribution in [0.15, 0.2) is 67.1 Å². The summed E-state index contributed by atoms with van der Waals surface area (Å²) < 4.78 is 28.9. The molecule has 0 aliphatic rings. The predicted molar refractivity (Wildman–Crippen MR) is 103 cm³/mol. The van der Waals surface area contributed by atoms with Crippen molar-refractivity contribution in [3.05, 3.63) is 84.3 Å². The van der Waals surface area contributed by atoms with E-state index in [0.717, 1.165) is 5.56 Å². The Morgan fingerprint density at radius 3 is 2.50 bits per heavy atom. The molecule has 140 valence electrons. The largest absolute Gasteiger partial charge is 0.350 e. The van der Waals surface area contributed by atoms with Gasteiger partial charge in [-0.2, -0.15) is 0 Å². The lowest BCUT2D eigenvalue weighted by Crippen LogP contribution is -2.06. The molecular formula is C21H17F2N5. The number of hydrogen-bond acceptors (Lipinski definition) is 4. The highest BCUT2D eigenvalue weighted by Crippen LogP contribution is 2.30. The van der Waals surface area contributed by atoms with Gasteiger partial charge in [-0.25, -0.2) is 23.7 Å². The first-order chi connectivity index (χ1) is 13.6. The zero-order chi connectivity index (χ0) is 19.5. The Bertz CT molecular complexity index is 1120. The maximum atomic E-state index is 13.7. The number of halogens is 2. The molecule has 0 spiro atoms. The molecule has 2 aromatic carbocycles. The standard InChI is InChI=1S/C21H17F2N5/c1-28-9-8-24-20(28)19-18(15-5-3-7-17(23)11-15)13-26-21(27-19)25-12-14-4-2-6-16(22)10-14/h2-11,13H,12H2,1H3,(H,25,26,27). The normalized spacial score (nSPS) is 10.8. The van der Waals surface area contributed by atoms with Crippen LogP contribution in [0.5, 0.6) is 0 Å². The highest BCUT2D eigenvalue weighted by atomic mass is 19.1. The van der Waals surface area contributed by atoms with Gasteiger partial charge in [0.2, 0.25) is 5.95 Å². The Balaban J connectivity index is 1.71. The van der Waals surface area contributed by atoms with E-state index in [1.54, 1.807) is 30.6 Å². The Morgan fingerprint density at radius 1 is 1.00 bits per heavy atom. The highest BCUT2D eigenvalue weighted by Gasteiger charge is 2.15. The van der Waals surface area contributed by atoms with E-state index in [1.165, 1.54) is 24.3 Å². The molecule has 2 aromatic heterocycles. The van der Waals surface area contributed by atoms with Gasteiger partial charge in [0.05, 0.1) is 0 Å². The predicted octanol–water partition coefficient (Wildman–Crippen LogP) is 4.43. The van der Waals surface area contributed by atoms with E-state index in [1.807, 2.05) is 23.9 Å². The van der Waals surface area contributed by atoms with Gasteiger partial charge >= 0.3 is 0 Å². The fourth-order valence-corrected chi connectivity index (χ4v) is 2.93. The molecule has 5 nitrogen and oxygen atoms in total. The molecule has 0 unspecified atom stereocenters. The Morgan fingerprint density at radius 2 is 1.79 bits per heavy atom. The number of nitrogens with zero attached hydrogens (tertiary/aromatic N) is 4. The Labute approximate surface area is 160 Å². The molecule has 0 saturated carbocycles. The summed E-state index contributed by atoms with van der Waals surface area (Å²) in [6.07, 6.45) is 5.12. The molecule has 1 N–H and O–H groups in total. The van der Waals surface area contributed by atoms with Crippen LogP contribution in [-0.2, 0) is 13.6 Å². The maximum Gasteiger partial charge on any atom is 0.223 e. The van der Waals surface area contributed by atoms with Gasteiger partial charge in [-0.15, -0.1) is 0 Å².